The molecule has 1 aromatic rings. The molecule has 1 fully saturated rings. The topological polar surface area (TPSA) is 47.9 Å². The minimum atomic E-state index is 0.254. The summed E-state index contributed by atoms with van der Waals surface area (Å²) in [6, 6.07) is 8.47. The van der Waals surface area contributed by atoms with Crippen LogP contribution >= 0.6 is 0 Å². The van der Waals surface area contributed by atoms with Crippen LogP contribution in [0.15, 0.2) is 41.5 Å². The highest BCUT2D eigenvalue weighted by Gasteiger charge is 2.20. The van der Waals surface area contributed by atoms with Crippen LogP contribution in [0.2, 0.25) is 0 Å². The number of aliphatic imine (C=N–C) groups is 1. The van der Waals surface area contributed by atoms with Crippen LogP contribution < -0.4 is 10.2 Å². The number of nitrogens with one attached hydrogen (secondary N) is 1. The van der Waals surface area contributed by atoms with Gasteiger partial charge < -0.3 is 15.1 Å². The highest BCUT2D eigenvalue weighted by atomic mass is 16.2. The number of piperazine rings is 1. The van der Waals surface area contributed by atoms with Crippen LogP contribution in [-0.2, 0) is 4.79 Å². The van der Waals surface area contributed by atoms with E-state index in [2.05, 4.69) is 39.5 Å². The highest BCUT2D eigenvalue weighted by molar-refractivity contribution is 6.00. The van der Waals surface area contributed by atoms with Crippen LogP contribution in [0.4, 0.5) is 5.69 Å². The molecule has 2 aliphatic rings. The van der Waals surface area contributed by atoms with Crippen molar-refractivity contribution < 1.29 is 4.79 Å². The van der Waals surface area contributed by atoms with Gasteiger partial charge in [0.15, 0.2) is 0 Å². The lowest BCUT2D eigenvalue weighted by molar-refractivity contribution is -0.131. The fourth-order valence-electron chi connectivity index (χ4n) is 2.82. The van der Waals surface area contributed by atoms with Crippen molar-refractivity contribution in [2.24, 2.45) is 4.99 Å². The molecule has 22 heavy (non-hydrogen) atoms. The molecule has 0 aliphatic carbocycles. The number of amidine groups is 1. The Morgan fingerprint density at radius 2 is 1.91 bits per heavy atom. The van der Waals surface area contributed by atoms with E-state index in [1.165, 1.54) is 5.69 Å². The summed E-state index contributed by atoms with van der Waals surface area (Å²) in [5.41, 5.74) is 2.31. The van der Waals surface area contributed by atoms with Gasteiger partial charge in [-0.05, 0) is 30.3 Å². The van der Waals surface area contributed by atoms with Crippen LogP contribution in [0.5, 0.6) is 0 Å². The molecule has 1 aromatic carbocycles. The van der Waals surface area contributed by atoms with E-state index in [0.29, 0.717) is 6.42 Å². The first-order chi connectivity index (χ1) is 10.8. The molecule has 2 heterocycles. The Bertz CT molecular complexity index is 583. The summed E-state index contributed by atoms with van der Waals surface area (Å²) in [5.74, 6) is 1.18. The molecule has 0 saturated carbocycles. The number of rotatable bonds is 3. The second-order valence-corrected chi connectivity index (χ2v) is 5.50. The van der Waals surface area contributed by atoms with E-state index in [9.17, 15) is 4.79 Å². The van der Waals surface area contributed by atoms with Gasteiger partial charge in [-0.3, -0.25) is 9.79 Å². The van der Waals surface area contributed by atoms with E-state index in [0.717, 1.165) is 44.1 Å². The molecule has 0 atom stereocenters. The van der Waals surface area contributed by atoms with Crippen molar-refractivity contribution in [1.29, 1.82) is 0 Å². The predicted molar refractivity (Wildman–Crippen MR) is 89.2 cm³/mol. The Morgan fingerprint density at radius 3 is 2.50 bits per heavy atom. The summed E-state index contributed by atoms with van der Waals surface area (Å²) in [4.78, 5) is 20.4. The molecule has 1 saturated heterocycles. The van der Waals surface area contributed by atoms with E-state index in [-0.39, 0.29) is 5.91 Å². The van der Waals surface area contributed by atoms with E-state index >= 15 is 0 Å². The fraction of sp³-hybridized carbons (Fsp3) is 0.412. The average Bonchev–Trinajstić information content (AvgIpc) is 2.62. The molecule has 0 spiro atoms. The van der Waals surface area contributed by atoms with E-state index in [1.54, 1.807) is 0 Å². The van der Waals surface area contributed by atoms with Crippen molar-refractivity contribution in [1.82, 2.24) is 10.2 Å². The van der Waals surface area contributed by atoms with Gasteiger partial charge in [-0.1, -0.05) is 6.92 Å². The maximum absolute atomic E-state index is 11.7. The molecule has 0 radical (unpaired) electrons. The molecule has 0 bridgehead atoms. The summed E-state index contributed by atoms with van der Waals surface area (Å²) in [5, 5.41) is 3.17. The zero-order valence-corrected chi connectivity index (χ0v) is 13.0. The molecular formula is C17H22N4O. The standard InChI is InChI=1S/C17H22N4O/c1-2-16(22)21-12-10-20(11-13-21)15-6-4-14(5-7-15)17-18-8-3-9-19-17/h3-8H,2,9-13H2,1H3,(H,18,19). The van der Waals surface area contributed by atoms with Gasteiger partial charge in [0.2, 0.25) is 5.91 Å². The lowest BCUT2D eigenvalue weighted by atomic mass is 10.1. The van der Waals surface area contributed by atoms with Crippen LogP contribution in [0.25, 0.3) is 0 Å². The number of benzene rings is 1. The van der Waals surface area contributed by atoms with Crippen molar-refractivity contribution in [3.8, 4) is 0 Å². The first kappa shape index (κ1) is 14.6. The number of hydrogen-bond acceptors (Lipinski definition) is 4. The maximum atomic E-state index is 11.7. The Morgan fingerprint density at radius 1 is 1.18 bits per heavy atom. The lowest BCUT2D eigenvalue weighted by Crippen LogP contribution is -2.48. The van der Waals surface area contributed by atoms with E-state index in [1.807, 2.05) is 24.1 Å². The Labute approximate surface area is 131 Å². The second kappa shape index (κ2) is 6.64. The lowest BCUT2D eigenvalue weighted by Gasteiger charge is -2.36. The van der Waals surface area contributed by atoms with Crippen molar-refractivity contribution >= 4 is 17.4 Å². The Kier molecular flexibility index (Phi) is 4.42. The highest BCUT2D eigenvalue weighted by Crippen LogP contribution is 2.18. The number of hydrogen-bond donors (Lipinski definition) is 1. The minimum absolute atomic E-state index is 0.254. The summed E-state index contributed by atoms with van der Waals surface area (Å²) < 4.78 is 0. The molecule has 1 N–H and O–H groups in total. The SMILES string of the molecule is CCC(=O)N1CCN(c2ccc(C3=NCC=CN3)cc2)CC1. The van der Waals surface area contributed by atoms with Gasteiger partial charge in [0.25, 0.3) is 0 Å². The predicted octanol–water partition coefficient (Wildman–Crippen LogP) is 1.61. The fourth-order valence-corrected chi connectivity index (χ4v) is 2.82. The summed E-state index contributed by atoms with van der Waals surface area (Å²) >= 11 is 0. The average molecular weight is 298 g/mol. The number of carbonyl (C=O) groups excluding carboxylic acids is 1. The van der Waals surface area contributed by atoms with Crippen molar-refractivity contribution in [3.05, 3.63) is 42.1 Å². The van der Waals surface area contributed by atoms with E-state index in [4.69, 9.17) is 0 Å². The molecule has 116 valence electrons. The van der Waals surface area contributed by atoms with Gasteiger partial charge >= 0.3 is 0 Å². The molecule has 0 aromatic heterocycles. The monoisotopic (exact) mass is 298 g/mol. The number of amides is 1. The zero-order chi connectivity index (χ0) is 15.4. The third kappa shape index (κ3) is 3.13. The first-order valence-electron chi connectivity index (χ1n) is 7.87. The van der Waals surface area contributed by atoms with Crippen LogP contribution in [0.1, 0.15) is 18.9 Å². The molecule has 2 aliphatic heterocycles. The van der Waals surface area contributed by atoms with Gasteiger partial charge in [0.05, 0.1) is 6.54 Å². The third-order valence-electron chi connectivity index (χ3n) is 4.13. The van der Waals surface area contributed by atoms with E-state index < -0.39 is 0 Å². The van der Waals surface area contributed by atoms with Gasteiger partial charge in [-0.25, -0.2) is 0 Å². The summed E-state index contributed by atoms with van der Waals surface area (Å²) in [6.07, 6.45) is 4.52. The third-order valence-corrected chi connectivity index (χ3v) is 4.13. The normalized spacial score (nSPS) is 18.0. The van der Waals surface area contributed by atoms with Crippen LogP contribution in [-0.4, -0.2) is 49.4 Å². The zero-order valence-electron chi connectivity index (χ0n) is 13.0. The molecule has 5 nitrogen and oxygen atoms in total. The maximum Gasteiger partial charge on any atom is 0.222 e. The molecule has 0 unspecified atom stereocenters. The van der Waals surface area contributed by atoms with Crippen molar-refractivity contribution in [2.45, 2.75) is 13.3 Å². The Balaban J connectivity index is 1.62. The van der Waals surface area contributed by atoms with Crippen LogP contribution in [0.3, 0.4) is 0 Å². The number of carbonyl (C=O) groups is 1. The molecular weight excluding hydrogens is 276 g/mol. The number of anilines is 1. The van der Waals surface area contributed by atoms with Crippen LogP contribution in [0, 0.1) is 0 Å². The number of nitrogens with zero attached hydrogens (tertiary/aromatic N) is 3. The Hall–Kier alpha value is -2.30. The smallest absolute Gasteiger partial charge is 0.222 e. The summed E-state index contributed by atoms with van der Waals surface area (Å²) in [6.45, 7) is 6.07. The quantitative estimate of drug-likeness (QED) is 0.922. The molecule has 1 amide bonds. The van der Waals surface area contributed by atoms with Gasteiger partial charge in [-0.15, -0.1) is 0 Å². The van der Waals surface area contributed by atoms with Crippen molar-refractivity contribution in [3.63, 3.8) is 0 Å². The summed E-state index contributed by atoms with van der Waals surface area (Å²) in [7, 11) is 0. The van der Waals surface area contributed by atoms with Crippen molar-refractivity contribution in [2.75, 3.05) is 37.6 Å². The first-order valence-corrected chi connectivity index (χ1v) is 7.87. The molecule has 5 heteroatoms. The molecule has 3 rings (SSSR count). The minimum Gasteiger partial charge on any atom is -0.368 e. The van der Waals surface area contributed by atoms with Gasteiger partial charge in [0.1, 0.15) is 5.84 Å². The second-order valence-electron chi connectivity index (χ2n) is 5.50. The van der Waals surface area contributed by atoms with Gasteiger partial charge in [0, 0.05) is 50.1 Å². The van der Waals surface area contributed by atoms with Gasteiger partial charge in [-0.2, -0.15) is 0 Å². The largest absolute Gasteiger partial charge is 0.368 e.